The maximum atomic E-state index is 5.83. The second-order valence-electron chi connectivity index (χ2n) is 3.88. The van der Waals surface area contributed by atoms with Gasteiger partial charge in [0.2, 0.25) is 0 Å². The zero-order valence-electron chi connectivity index (χ0n) is 8.50. The molecule has 1 fully saturated rings. The van der Waals surface area contributed by atoms with Crippen LogP contribution in [-0.2, 0) is 0 Å². The van der Waals surface area contributed by atoms with E-state index in [0.717, 1.165) is 29.8 Å². The van der Waals surface area contributed by atoms with Crippen LogP contribution in [-0.4, -0.2) is 36.1 Å². The molecule has 1 saturated heterocycles. The van der Waals surface area contributed by atoms with E-state index < -0.39 is 0 Å². The minimum Gasteiger partial charge on any atom is -0.365 e. The summed E-state index contributed by atoms with van der Waals surface area (Å²) in [6, 6.07) is 2.34. The summed E-state index contributed by atoms with van der Waals surface area (Å²) < 4.78 is 0.921. The van der Waals surface area contributed by atoms with Crippen molar-refractivity contribution >= 4 is 33.3 Å². The third-order valence-corrected chi connectivity index (χ3v) is 3.35. The Hall–Kier alpha value is -0.320. The summed E-state index contributed by atoms with van der Waals surface area (Å²) >= 11 is 9.27. The molecular formula is C10H13BrClN3. The van der Waals surface area contributed by atoms with Crippen molar-refractivity contribution in [2.24, 2.45) is 0 Å². The predicted octanol–water partition coefficient (Wildman–Crippen LogP) is 2.61. The maximum Gasteiger partial charge on any atom is 0.140 e. The van der Waals surface area contributed by atoms with E-state index in [1.165, 1.54) is 0 Å². The SMILES string of the molecule is CN1CCC(Nc2ncc(Cl)cc2Br)C1. The zero-order chi connectivity index (χ0) is 10.8. The molecule has 0 saturated carbocycles. The van der Waals surface area contributed by atoms with Gasteiger partial charge in [0.05, 0.1) is 9.50 Å². The van der Waals surface area contributed by atoms with E-state index in [0.29, 0.717) is 11.1 Å². The molecule has 0 amide bonds. The molecule has 0 bridgehead atoms. The summed E-state index contributed by atoms with van der Waals surface area (Å²) in [5, 5.41) is 4.06. The molecule has 1 atom stereocenters. The van der Waals surface area contributed by atoms with Crippen molar-refractivity contribution in [3.63, 3.8) is 0 Å². The van der Waals surface area contributed by atoms with Crippen LogP contribution in [0.15, 0.2) is 16.7 Å². The van der Waals surface area contributed by atoms with Gasteiger partial charge in [-0.05, 0) is 42.0 Å². The summed E-state index contributed by atoms with van der Waals surface area (Å²) in [6.07, 6.45) is 2.82. The fraction of sp³-hybridized carbons (Fsp3) is 0.500. The number of halogens is 2. The fourth-order valence-electron chi connectivity index (χ4n) is 1.77. The largest absolute Gasteiger partial charge is 0.365 e. The number of aromatic nitrogens is 1. The topological polar surface area (TPSA) is 28.2 Å². The van der Waals surface area contributed by atoms with Crippen LogP contribution >= 0.6 is 27.5 Å². The first-order valence-corrected chi connectivity index (χ1v) is 6.08. The molecule has 1 aliphatic heterocycles. The third-order valence-electron chi connectivity index (χ3n) is 2.54. The Kier molecular flexibility index (Phi) is 3.49. The van der Waals surface area contributed by atoms with Gasteiger partial charge in [0.25, 0.3) is 0 Å². The second kappa shape index (κ2) is 4.68. The Labute approximate surface area is 103 Å². The van der Waals surface area contributed by atoms with Crippen LogP contribution in [0.2, 0.25) is 5.02 Å². The van der Waals surface area contributed by atoms with Gasteiger partial charge in [-0.15, -0.1) is 0 Å². The predicted molar refractivity (Wildman–Crippen MR) is 66.5 cm³/mol. The van der Waals surface area contributed by atoms with Crippen LogP contribution in [0.3, 0.4) is 0 Å². The smallest absolute Gasteiger partial charge is 0.140 e. The Morgan fingerprint density at radius 3 is 3.07 bits per heavy atom. The summed E-state index contributed by atoms with van der Waals surface area (Å²) in [7, 11) is 2.13. The molecule has 2 heterocycles. The van der Waals surface area contributed by atoms with Crippen molar-refractivity contribution < 1.29 is 0 Å². The van der Waals surface area contributed by atoms with Crippen LogP contribution in [0.25, 0.3) is 0 Å². The van der Waals surface area contributed by atoms with E-state index in [9.17, 15) is 0 Å². The number of nitrogens with zero attached hydrogens (tertiary/aromatic N) is 2. The molecular weight excluding hydrogens is 277 g/mol. The molecule has 0 radical (unpaired) electrons. The van der Waals surface area contributed by atoms with E-state index in [-0.39, 0.29) is 0 Å². The van der Waals surface area contributed by atoms with Gasteiger partial charge >= 0.3 is 0 Å². The van der Waals surface area contributed by atoms with Crippen molar-refractivity contribution in [3.05, 3.63) is 21.8 Å². The molecule has 1 unspecified atom stereocenters. The van der Waals surface area contributed by atoms with Gasteiger partial charge in [-0.3, -0.25) is 0 Å². The average molecular weight is 291 g/mol. The number of hydrogen-bond acceptors (Lipinski definition) is 3. The fourth-order valence-corrected chi connectivity index (χ4v) is 2.52. The molecule has 2 rings (SSSR count). The van der Waals surface area contributed by atoms with Crippen LogP contribution in [0.4, 0.5) is 5.82 Å². The van der Waals surface area contributed by atoms with E-state index in [1.54, 1.807) is 6.20 Å². The lowest BCUT2D eigenvalue weighted by Crippen LogP contribution is -2.24. The van der Waals surface area contributed by atoms with Crippen LogP contribution in [0.1, 0.15) is 6.42 Å². The first-order valence-electron chi connectivity index (χ1n) is 4.91. The van der Waals surface area contributed by atoms with Crippen molar-refractivity contribution in [1.82, 2.24) is 9.88 Å². The molecule has 3 nitrogen and oxygen atoms in total. The van der Waals surface area contributed by atoms with Gasteiger partial charge in [-0.1, -0.05) is 11.6 Å². The average Bonchev–Trinajstić information content (AvgIpc) is 2.56. The normalized spacial score (nSPS) is 21.9. The third kappa shape index (κ3) is 2.83. The molecule has 1 aromatic rings. The molecule has 5 heteroatoms. The first kappa shape index (κ1) is 11.2. The highest BCUT2D eigenvalue weighted by molar-refractivity contribution is 9.10. The Balaban J connectivity index is 2.04. The number of nitrogens with one attached hydrogen (secondary N) is 1. The first-order chi connectivity index (χ1) is 7.15. The van der Waals surface area contributed by atoms with Gasteiger partial charge in [-0.25, -0.2) is 4.98 Å². The van der Waals surface area contributed by atoms with Crippen molar-refractivity contribution in [2.45, 2.75) is 12.5 Å². The minimum atomic E-state index is 0.486. The summed E-state index contributed by atoms with van der Waals surface area (Å²) in [5.74, 6) is 0.875. The van der Waals surface area contributed by atoms with Crippen molar-refractivity contribution in [1.29, 1.82) is 0 Å². The van der Waals surface area contributed by atoms with Crippen LogP contribution in [0.5, 0.6) is 0 Å². The number of rotatable bonds is 2. The summed E-state index contributed by atoms with van der Waals surface area (Å²) in [6.45, 7) is 2.21. The summed E-state index contributed by atoms with van der Waals surface area (Å²) in [5.41, 5.74) is 0. The Morgan fingerprint density at radius 1 is 1.67 bits per heavy atom. The molecule has 15 heavy (non-hydrogen) atoms. The molecule has 1 aromatic heterocycles. The number of likely N-dealkylation sites (N-methyl/N-ethyl adjacent to an activating group) is 1. The van der Waals surface area contributed by atoms with Gasteiger partial charge in [0, 0.05) is 18.8 Å². The molecule has 1 aliphatic rings. The number of hydrogen-bond donors (Lipinski definition) is 1. The Bertz CT molecular complexity index is 359. The molecule has 0 aromatic carbocycles. The van der Waals surface area contributed by atoms with Crippen molar-refractivity contribution in [2.75, 3.05) is 25.5 Å². The second-order valence-corrected chi connectivity index (χ2v) is 5.17. The highest BCUT2D eigenvalue weighted by Gasteiger charge is 2.20. The maximum absolute atomic E-state index is 5.83. The monoisotopic (exact) mass is 289 g/mol. The highest BCUT2D eigenvalue weighted by Crippen LogP contribution is 2.24. The lowest BCUT2D eigenvalue weighted by molar-refractivity contribution is 0.414. The van der Waals surface area contributed by atoms with Gasteiger partial charge < -0.3 is 10.2 Å². The molecule has 1 N–H and O–H groups in total. The van der Waals surface area contributed by atoms with E-state index in [1.807, 2.05) is 6.07 Å². The standard InChI is InChI=1S/C10H13BrClN3/c1-15-3-2-8(6-15)14-10-9(11)4-7(12)5-13-10/h4-5,8H,2-3,6H2,1H3,(H,13,14). The van der Waals surface area contributed by atoms with E-state index in [2.05, 4.69) is 38.2 Å². The van der Waals surface area contributed by atoms with Gasteiger partial charge in [0.15, 0.2) is 0 Å². The van der Waals surface area contributed by atoms with E-state index >= 15 is 0 Å². The minimum absolute atomic E-state index is 0.486. The molecule has 0 aliphatic carbocycles. The lowest BCUT2D eigenvalue weighted by Gasteiger charge is -2.14. The lowest BCUT2D eigenvalue weighted by atomic mass is 10.2. The quantitative estimate of drug-likeness (QED) is 0.907. The van der Waals surface area contributed by atoms with Crippen molar-refractivity contribution in [3.8, 4) is 0 Å². The van der Waals surface area contributed by atoms with Crippen LogP contribution in [0, 0.1) is 0 Å². The molecule has 0 spiro atoms. The van der Waals surface area contributed by atoms with Gasteiger partial charge in [0.1, 0.15) is 5.82 Å². The van der Waals surface area contributed by atoms with Crippen LogP contribution < -0.4 is 5.32 Å². The number of likely N-dealkylation sites (tertiary alicyclic amines) is 1. The summed E-state index contributed by atoms with van der Waals surface area (Å²) in [4.78, 5) is 6.56. The number of pyridine rings is 1. The zero-order valence-corrected chi connectivity index (χ0v) is 10.8. The van der Waals surface area contributed by atoms with E-state index in [4.69, 9.17) is 11.6 Å². The highest BCUT2D eigenvalue weighted by atomic mass is 79.9. The number of anilines is 1. The molecule has 82 valence electrons. The van der Waals surface area contributed by atoms with Gasteiger partial charge in [-0.2, -0.15) is 0 Å². The Morgan fingerprint density at radius 2 is 2.47 bits per heavy atom.